The average molecular weight is 216 g/mol. The third-order valence-corrected chi connectivity index (χ3v) is 3.84. The van der Waals surface area contributed by atoms with Crippen LogP contribution in [0.25, 0.3) is 0 Å². The van der Waals surface area contributed by atoms with Gasteiger partial charge in [-0.15, -0.1) is 0 Å². The van der Waals surface area contributed by atoms with E-state index in [2.05, 4.69) is 34.5 Å². The van der Waals surface area contributed by atoms with Crippen LogP contribution < -0.4 is 10.2 Å². The number of hydrogen-bond donors (Lipinski definition) is 1. The molecular formula is C14H20N2. The molecule has 3 rings (SSSR count). The Labute approximate surface area is 97.6 Å². The van der Waals surface area contributed by atoms with Crippen LogP contribution in [0.15, 0.2) is 24.3 Å². The Morgan fingerprint density at radius 1 is 1.25 bits per heavy atom. The SMILES string of the molecule is c1ccc2c(c1)CCN2C[C@H]1CCCCN1. The maximum Gasteiger partial charge on any atom is 0.0400 e. The summed E-state index contributed by atoms with van der Waals surface area (Å²) in [4.78, 5) is 2.55. The molecule has 0 unspecified atom stereocenters. The highest BCUT2D eigenvalue weighted by Crippen LogP contribution is 2.27. The summed E-state index contributed by atoms with van der Waals surface area (Å²) < 4.78 is 0. The van der Waals surface area contributed by atoms with Crippen molar-refractivity contribution in [2.24, 2.45) is 0 Å². The van der Waals surface area contributed by atoms with Gasteiger partial charge in [0.25, 0.3) is 0 Å². The third kappa shape index (κ3) is 1.94. The molecule has 0 aliphatic carbocycles. The number of nitrogens with one attached hydrogen (secondary N) is 1. The van der Waals surface area contributed by atoms with Gasteiger partial charge in [0.15, 0.2) is 0 Å². The number of rotatable bonds is 2. The molecule has 0 bridgehead atoms. The summed E-state index contributed by atoms with van der Waals surface area (Å²) in [5, 5.41) is 3.64. The molecule has 2 aliphatic heterocycles. The molecule has 86 valence electrons. The quantitative estimate of drug-likeness (QED) is 0.815. The molecule has 1 N–H and O–H groups in total. The van der Waals surface area contributed by atoms with Crippen LogP contribution in [0.4, 0.5) is 5.69 Å². The van der Waals surface area contributed by atoms with E-state index >= 15 is 0 Å². The summed E-state index contributed by atoms with van der Waals surface area (Å²) in [6.45, 7) is 3.61. The lowest BCUT2D eigenvalue weighted by atomic mass is 10.0. The fourth-order valence-electron chi connectivity index (χ4n) is 2.94. The minimum absolute atomic E-state index is 0.708. The Morgan fingerprint density at radius 2 is 2.19 bits per heavy atom. The summed E-state index contributed by atoms with van der Waals surface area (Å²) in [6.07, 6.45) is 5.32. The maximum absolute atomic E-state index is 3.64. The lowest BCUT2D eigenvalue weighted by Crippen LogP contribution is -2.43. The van der Waals surface area contributed by atoms with E-state index < -0.39 is 0 Å². The molecule has 2 nitrogen and oxygen atoms in total. The van der Waals surface area contributed by atoms with Gasteiger partial charge in [0, 0.05) is 24.8 Å². The van der Waals surface area contributed by atoms with Crippen molar-refractivity contribution in [2.75, 3.05) is 24.5 Å². The molecule has 1 saturated heterocycles. The van der Waals surface area contributed by atoms with Crippen LogP contribution in [0.1, 0.15) is 24.8 Å². The molecule has 1 fully saturated rings. The second-order valence-corrected chi connectivity index (χ2v) is 4.97. The van der Waals surface area contributed by atoms with Gasteiger partial charge in [-0.3, -0.25) is 0 Å². The number of anilines is 1. The second-order valence-electron chi connectivity index (χ2n) is 4.97. The topological polar surface area (TPSA) is 15.3 Å². The Bertz CT molecular complexity index is 356. The highest BCUT2D eigenvalue weighted by atomic mass is 15.2. The smallest absolute Gasteiger partial charge is 0.0400 e. The second kappa shape index (κ2) is 4.46. The lowest BCUT2D eigenvalue weighted by molar-refractivity contribution is 0.401. The average Bonchev–Trinajstić information content (AvgIpc) is 2.74. The zero-order chi connectivity index (χ0) is 10.8. The van der Waals surface area contributed by atoms with Crippen molar-refractivity contribution >= 4 is 5.69 Å². The minimum Gasteiger partial charge on any atom is -0.369 e. The zero-order valence-electron chi connectivity index (χ0n) is 9.78. The van der Waals surface area contributed by atoms with E-state index in [0.29, 0.717) is 6.04 Å². The Hall–Kier alpha value is -1.02. The van der Waals surface area contributed by atoms with Gasteiger partial charge in [0.1, 0.15) is 0 Å². The van der Waals surface area contributed by atoms with Gasteiger partial charge < -0.3 is 10.2 Å². The molecule has 0 spiro atoms. The highest BCUT2D eigenvalue weighted by molar-refractivity contribution is 5.57. The number of hydrogen-bond acceptors (Lipinski definition) is 2. The van der Waals surface area contributed by atoms with E-state index in [1.165, 1.54) is 56.6 Å². The molecule has 0 aromatic heterocycles. The standard InChI is InChI=1S/C14H20N2/c1-2-7-14-12(5-1)8-10-16(14)11-13-6-3-4-9-15-13/h1-2,5,7,13,15H,3-4,6,8-11H2/t13-/m1/s1. The van der Waals surface area contributed by atoms with Crippen LogP contribution in [0, 0.1) is 0 Å². The fourth-order valence-corrected chi connectivity index (χ4v) is 2.94. The highest BCUT2D eigenvalue weighted by Gasteiger charge is 2.22. The molecule has 0 radical (unpaired) electrons. The summed E-state index contributed by atoms with van der Waals surface area (Å²) >= 11 is 0. The molecule has 0 saturated carbocycles. The molecule has 16 heavy (non-hydrogen) atoms. The van der Waals surface area contributed by atoms with Crippen LogP contribution in [0.3, 0.4) is 0 Å². The molecule has 1 atom stereocenters. The molecule has 2 aliphatic rings. The molecule has 2 heteroatoms. The largest absolute Gasteiger partial charge is 0.369 e. The van der Waals surface area contributed by atoms with E-state index in [4.69, 9.17) is 0 Å². The first-order valence-electron chi connectivity index (χ1n) is 6.50. The first kappa shape index (κ1) is 10.2. The van der Waals surface area contributed by atoms with Gasteiger partial charge in [0.2, 0.25) is 0 Å². The number of benzene rings is 1. The number of fused-ring (bicyclic) bond motifs is 1. The number of para-hydroxylation sites is 1. The van der Waals surface area contributed by atoms with E-state index in [1.807, 2.05) is 0 Å². The van der Waals surface area contributed by atoms with Gasteiger partial charge in [-0.1, -0.05) is 24.6 Å². The Kier molecular flexibility index (Phi) is 2.83. The number of piperidine rings is 1. The van der Waals surface area contributed by atoms with Crippen molar-refractivity contribution in [2.45, 2.75) is 31.7 Å². The summed E-state index contributed by atoms with van der Waals surface area (Å²) in [7, 11) is 0. The van der Waals surface area contributed by atoms with Crippen molar-refractivity contribution in [1.82, 2.24) is 5.32 Å². The van der Waals surface area contributed by atoms with Gasteiger partial charge in [-0.2, -0.15) is 0 Å². The van der Waals surface area contributed by atoms with Crippen molar-refractivity contribution in [1.29, 1.82) is 0 Å². The van der Waals surface area contributed by atoms with Crippen molar-refractivity contribution in [3.63, 3.8) is 0 Å². The van der Waals surface area contributed by atoms with Crippen LogP contribution in [-0.4, -0.2) is 25.7 Å². The first-order valence-corrected chi connectivity index (χ1v) is 6.50. The third-order valence-electron chi connectivity index (χ3n) is 3.84. The lowest BCUT2D eigenvalue weighted by Gasteiger charge is -2.29. The monoisotopic (exact) mass is 216 g/mol. The van der Waals surface area contributed by atoms with Crippen molar-refractivity contribution in [3.8, 4) is 0 Å². The molecule has 1 aromatic rings. The van der Waals surface area contributed by atoms with Crippen molar-refractivity contribution < 1.29 is 0 Å². The molecule has 2 heterocycles. The van der Waals surface area contributed by atoms with Gasteiger partial charge in [-0.05, 0) is 37.4 Å². The summed E-state index contributed by atoms with van der Waals surface area (Å²) in [5.41, 5.74) is 2.99. The zero-order valence-corrected chi connectivity index (χ0v) is 9.78. The Balaban J connectivity index is 1.68. The van der Waals surface area contributed by atoms with Crippen LogP contribution >= 0.6 is 0 Å². The van der Waals surface area contributed by atoms with E-state index in [0.717, 1.165) is 0 Å². The predicted molar refractivity (Wildman–Crippen MR) is 68.0 cm³/mol. The summed E-state index contributed by atoms with van der Waals surface area (Å²) in [5.74, 6) is 0. The Morgan fingerprint density at radius 3 is 3.06 bits per heavy atom. The molecule has 1 aromatic carbocycles. The van der Waals surface area contributed by atoms with E-state index in [-0.39, 0.29) is 0 Å². The van der Waals surface area contributed by atoms with Gasteiger partial charge in [-0.25, -0.2) is 0 Å². The van der Waals surface area contributed by atoms with Crippen LogP contribution in [0.5, 0.6) is 0 Å². The van der Waals surface area contributed by atoms with E-state index in [9.17, 15) is 0 Å². The van der Waals surface area contributed by atoms with Gasteiger partial charge in [0.05, 0.1) is 0 Å². The normalized spacial score (nSPS) is 24.5. The fraction of sp³-hybridized carbons (Fsp3) is 0.571. The van der Waals surface area contributed by atoms with Crippen LogP contribution in [0.2, 0.25) is 0 Å². The number of nitrogens with zero attached hydrogens (tertiary/aromatic N) is 1. The van der Waals surface area contributed by atoms with Crippen molar-refractivity contribution in [3.05, 3.63) is 29.8 Å². The van der Waals surface area contributed by atoms with Crippen LogP contribution in [-0.2, 0) is 6.42 Å². The molecular weight excluding hydrogens is 196 g/mol. The minimum atomic E-state index is 0.708. The molecule has 0 amide bonds. The summed E-state index contributed by atoms with van der Waals surface area (Å²) in [6, 6.07) is 9.56. The maximum atomic E-state index is 3.64. The van der Waals surface area contributed by atoms with Gasteiger partial charge >= 0.3 is 0 Å². The first-order chi connectivity index (χ1) is 7.93. The predicted octanol–water partition coefficient (Wildman–Crippen LogP) is 2.19. The van der Waals surface area contributed by atoms with E-state index in [1.54, 1.807) is 0 Å².